The van der Waals surface area contributed by atoms with Crippen LogP contribution in [-0.2, 0) is 16.0 Å². The third kappa shape index (κ3) is 3.34. The second-order valence-corrected chi connectivity index (χ2v) is 2.97. The van der Waals surface area contributed by atoms with Crippen LogP contribution in [0, 0.1) is 6.92 Å². The molecule has 0 saturated carbocycles. The number of methoxy groups -OCH3 is 1. The molecule has 0 N–H and O–H groups in total. The second kappa shape index (κ2) is 4.72. The van der Waals surface area contributed by atoms with Crippen LogP contribution < -0.4 is 0 Å². The quantitative estimate of drug-likeness (QED) is 0.696. The lowest BCUT2D eigenvalue weighted by Crippen LogP contribution is -2.10. The van der Waals surface area contributed by atoms with Crippen molar-refractivity contribution in [1.29, 1.82) is 0 Å². The van der Waals surface area contributed by atoms with Gasteiger partial charge in [-0.15, -0.1) is 0 Å². The lowest BCUT2D eigenvalue weighted by Gasteiger charge is -2.00. The number of ketones is 1. The molecule has 70 valence electrons. The lowest BCUT2D eigenvalue weighted by molar-refractivity contribution is -0.122. The van der Waals surface area contributed by atoms with E-state index in [0.717, 1.165) is 11.3 Å². The van der Waals surface area contributed by atoms with Crippen LogP contribution in [0.4, 0.5) is 0 Å². The fraction of sp³-hybridized carbons (Fsp3) is 0.400. The van der Waals surface area contributed by atoms with Gasteiger partial charge in [-0.1, -0.05) is 0 Å². The van der Waals surface area contributed by atoms with Crippen LogP contribution in [0.5, 0.6) is 0 Å². The van der Waals surface area contributed by atoms with E-state index >= 15 is 0 Å². The van der Waals surface area contributed by atoms with Crippen molar-refractivity contribution >= 4 is 5.78 Å². The molecule has 0 unspecified atom stereocenters. The molecular weight excluding hydrogens is 166 g/mol. The molecule has 0 bridgehead atoms. The van der Waals surface area contributed by atoms with Crippen molar-refractivity contribution < 1.29 is 9.53 Å². The third-order valence-corrected chi connectivity index (χ3v) is 1.66. The molecule has 0 fully saturated rings. The molecule has 0 aromatic carbocycles. The van der Waals surface area contributed by atoms with E-state index in [1.807, 2.05) is 19.1 Å². The maximum absolute atomic E-state index is 11.2. The molecule has 0 aliphatic rings. The Kier molecular flexibility index (Phi) is 3.58. The Balaban J connectivity index is 2.58. The number of aryl methyl sites for hydroxylation is 1. The van der Waals surface area contributed by atoms with Crippen LogP contribution in [0.3, 0.4) is 0 Å². The summed E-state index contributed by atoms with van der Waals surface area (Å²) in [5.74, 6) is 0.0561. The van der Waals surface area contributed by atoms with Gasteiger partial charge >= 0.3 is 0 Å². The van der Waals surface area contributed by atoms with Crippen molar-refractivity contribution in [2.24, 2.45) is 0 Å². The molecule has 0 atom stereocenters. The average molecular weight is 179 g/mol. The maximum atomic E-state index is 11.2. The van der Waals surface area contributed by atoms with E-state index in [1.54, 1.807) is 6.20 Å². The summed E-state index contributed by atoms with van der Waals surface area (Å²) < 4.78 is 4.73. The largest absolute Gasteiger partial charge is 0.377 e. The maximum Gasteiger partial charge on any atom is 0.164 e. The fourth-order valence-electron chi connectivity index (χ4n) is 1.11. The number of hydrogen-bond donors (Lipinski definition) is 0. The molecule has 0 amide bonds. The molecule has 0 aliphatic carbocycles. The van der Waals surface area contributed by atoms with Crippen LogP contribution in [0.1, 0.15) is 11.3 Å². The zero-order valence-electron chi connectivity index (χ0n) is 7.91. The highest BCUT2D eigenvalue weighted by Crippen LogP contribution is 2.01. The van der Waals surface area contributed by atoms with E-state index in [0.29, 0.717) is 6.42 Å². The van der Waals surface area contributed by atoms with Gasteiger partial charge in [0.05, 0.1) is 6.42 Å². The van der Waals surface area contributed by atoms with Gasteiger partial charge in [-0.05, 0) is 24.6 Å². The number of nitrogens with zero attached hydrogens (tertiary/aromatic N) is 1. The van der Waals surface area contributed by atoms with E-state index in [9.17, 15) is 4.79 Å². The Bertz CT molecular complexity index is 297. The summed E-state index contributed by atoms with van der Waals surface area (Å²) in [4.78, 5) is 15.2. The van der Waals surface area contributed by atoms with E-state index in [1.165, 1.54) is 7.11 Å². The van der Waals surface area contributed by atoms with Gasteiger partial charge in [0.15, 0.2) is 5.78 Å². The molecule has 1 aromatic rings. The van der Waals surface area contributed by atoms with Crippen molar-refractivity contribution in [3.05, 3.63) is 29.6 Å². The highest BCUT2D eigenvalue weighted by Gasteiger charge is 2.03. The number of pyridine rings is 1. The van der Waals surface area contributed by atoms with Crippen molar-refractivity contribution in [3.8, 4) is 0 Å². The van der Waals surface area contributed by atoms with E-state index in [-0.39, 0.29) is 12.4 Å². The Morgan fingerprint density at radius 1 is 1.62 bits per heavy atom. The summed E-state index contributed by atoms with van der Waals surface area (Å²) in [5, 5.41) is 0. The SMILES string of the molecule is COCC(=O)Cc1cc(C)ccn1. The first-order valence-electron chi connectivity index (χ1n) is 4.14. The van der Waals surface area contributed by atoms with Gasteiger partial charge in [0.2, 0.25) is 0 Å². The minimum atomic E-state index is 0.0561. The van der Waals surface area contributed by atoms with Crippen molar-refractivity contribution in [3.63, 3.8) is 0 Å². The van der Waals surface area contributed by atoms with Gasteiger partial charge in [0.25, 0.3) is 0 Å². The summed E-state index contributed by atoms with van der Waals surface area (Å²) in [6.07, 6.45) is 2.07. The van der Waals surface area contributed by atoms with Crippen molar-refractivity contribution in [2.45, 2.75) is 13.3 Å². The summed E-state index contributed by atoms with van der Waals surface area (Å²) in [7, 11) is 1.52. The van der Waals surface area contributed by atoms with Gasteiger partial charge in [-0.2, -0.15) is 0 Å². The highest BCUT2D eigenvalue weighted by atomic mass is 16.5. The topological polar surface area (TPSA) is 39.2 Å². The predicted molar refractivity (Wildman–Crippen MR) is 49.6 cm³/mol. The molecule has 13 heavy (non-hydrogen) atoms. The monoisotopic (exact) mass is 179 g/mol. The van der Waals surface area contributed by atoms with Crippen LogP contribution in [-0.4, -0.2) is 24.5 Å². The lowest BCUT2D eigenvalue weighted by atomic mass is 10.2. The summed E-state index contributed by atoms with van der Waals surface area (Å²) in [5.41, 5.74) is 1.93. The van der Waals surface area contributed by atoms with Crippen molar-refractivity contribution in [1.82, 2.24) is 4.98 Å². The standard InChI is InChI=1S/C10H13NO2/c1-8-3-4-11-9(5-8)6-10(12)7-13-2/h3-5H,6-7H2,1-2H3. The molecular formula is C10H13NO2. The van der Waals surface area contributed by atoms with Crippen LogP contribution in [0.15, 0.2) is 18.3 Å². The van der Waals surface area contributed by atoms with E-state index in [2.05, 4.69) is 4.98 Å². The smallest absolute Gasteiger partial charge is 0.164 e. The molecule has 1 heterocycles. The number of hydrogen-bond acceptors (Lipinski definition) is 3. The first-order valence-corrected chi connectivity index (χ1v) is 4.14. The molecule has 0 aliphatic heterocycles. The summed E-state index contributed by atoms with van der Waals surface area (Å²) in [6.45, 7) is 2.14. The van der Waals surface area contributed by atoms with E-state index in [4.69, 9.17) is 4.74 Å². The molecule has 0 spiro atoms. The van der Waals surface area contributed by atoms with E-state index < -0.39 is 0 Å². The average Bonchev–Trinajstić information content (AvgIpc) is 2.04. The van der Waals surface area contributed by atoms with Gasteiger partial charge in [-0.25, -0.2) is 0 Å². The minimum Gasteiger partial charge on any atom is -0.377 e. The first kappa shape index (κ1) is 9.86. The minimum absolute atomic E-state index is 0.0561. The number of Topliss-reactive ketones (excluding diaryl/α,β-unsaturated/α-hetero) is 1. The third-order valence-electron chi connectivity index (χ3n) is 1.66. The number of aromatic nitrogens is 1. The summed E-state index contributed by atoms with van der Waals surface area (Å²) in [6, 6.07) is 3.82. The van der Waals surface area contributed by atoms with Crippen LogP contribution >= 0.6 is 0 Å². The molecule has 1 rings (SSSR count). The predicted octanol–water partition coefficient (Wildman–Crippen LogP) is 1.15. The number of carbonyl (C=O) groups excluding carboxylic acids is 1. The first-order chi connectivity index (χ1) is 6.22. The normalized spacial score (nSPS) is 10.0. The Morgan fingerprint density at radius 3 is 3.00 bits per heavy atom. The molecule has 0 saturated heterocycles. The van der Waals surface area contributed by atoms with Gasteiger partial charge in [0, 0.05) is 19.0 Å². The molecule has 3 nitrogen and oxygen atoms in total. The highest BCUT2D eigenvalue weighted by molar-refractivity contribution is 5.81. The van der Waals surface area contributed by atoms with Crippen molar-refractivity contribution in [2.75, 3.05) is 13.7 Å². The van der Waals surface area contributed by atoms with Gasteiger partial charge < -0.3 is 4.74 Å². The Labute approximate surface area is 77.8 Å². The second-order valence-electron chi connectivity index (χ2n) is 2.97. The summed E-state index contributed by atoms with van der Waals surface area (Å²) >= 11 is 0. The zero-order chi connectivity index (χ0) is 9.68. The molecule has 0 radical (unpaired) electrons. The molecule has 3 heteroatoms. The number of carbonyl (C=O) groups is 1. The van der Waals surface area contributed by atoms with Crippen LogP contribution in [0.2, 0.25) is 0 Å². The van der Waals surface area contributed by atoms with Crippen LogP contribution in [0.25, 0.3) is 0 Å². The fourth-order valence-corrected chi connectivity index (χ4v) is 1.11. The number of rotatable bonds is 4. The zero-order valence-corrected chi connectivity index (χ0v) is 7.91. The Morgan fingerprint density at radius 2 is 2.38 bits per heavy atom. The Hall–Kier alpha value is -1.22. The number of ether oxygens (including phenoxy) is 1. The molecule has 1 aromatic heterocycles. The van der Waals surface area contributed by atoms with Gasteiger partial charge in [0.1, 0.15) is 6.61 Å². The van der Waals surface area contributed by atoms with Gasteiger partial charge in [-0.3, -0.25) is 9.78 Å².